The molecule has 0 fully saturated rings. The molecule has 1 aromatic carbocycles. The minimum absolute atomic E-state index is 0.603. The Morgan fingerprint density at radius 3 is 2.42 bits per heavy atom. The molecule has 0 bridgehead atoms. The third-order valence-corrected chi connectivity index (χ3v) is 5.75. The van der Waals surface area contributed by atoms with E-state index in [9.17, 15) is 0 Å². The Bertz CT molecular complexity index is 383. The predicted molar refractivity (Wildman–Crippen MR) is 78.2 cm³/mol. The maximum absolute atomic E-state index is 5.69. The Morgan fingerprint density at radius 1 is 1.16 bits per heavy atom. The van der Waals surface area contributed by atoms with Crippen LogP contribution in [0.25, 0.3) is 6.08 Å². The first-order valence-corrected chi connectivity index (χ1v) is 8.13. The van der Waals surface area contributed by atoms with Crippen LogP contribution in [0.4, 0.5) is 0 Å². The second-order valence-electron chi connectivity index (χ2n) is 4.02. The molecule has 0 radical (unpaired) electrons. The zero-order valence-corrected chi connectivity index (χ0v) is 12.8. The van der Waals surface area contributed by atoms with E-state index in [2.05, 4.69) is 6.58 Å². The highest BCUT2D eigenvalue weighted by atomic mass is 28.4. The van der Waals surface area contributed by atoms with Gasteiger partial charge in [0.2, 0.25) is 0 Å². The lowest BCUT2D eigenvalue weighted by atomic mass is 10.2. The minimum Gasteiger partial charge on any atom is -0.494 e. The average Bonchev–Trinajstić information content (AvgIpc) is 2.48. The van der Waals surface area contributed by atoms with Gasteiger partial charge in [0, 0.05) is 27.4 Å². The summed E-state index contributed by atoms with van der Waals surface area (Å²) in [6.07, 6.45) is 2.62. The predicted octanol–water partition coefficient (Wildman–Crippen LogP) is 2.98. The Labute approximate surface area is 116 Å². The molecule has 0 spiro atoms. The first kappa shape index (κ1) is 15.9. The lowest BCUT2D eigenvalue weighted by molar-refractivity contribution is 0.121. The smallest absolute Gasteiger partial charge is 0.494 e. The van der Waals surface area contributed by atoms with Gasteiger partial charge in [-0.05, 0) is 24.1 Å². The van der Waals surface area contributed by atoms with Crippen molar-refractivity contribution >= 4 is 14.9 Å². The molecule has 106 valence electrons. The maximum atomic E-state index is 5.69. The molecule has 0 amide bonds. The summed E-state index contributed by atoms with van der Waals surface area (Å²) in [6, 6.07) is 8.56. The first-order chi connectivity index (χ1) is 9.19. The molecular formula is C14H22O4Si. The summed E-state index contributed by atoms with van der Waals surface area (Å²) in [6.45, 7) is 4.34. The highest BCUT2D eigenvalue weighted by molar-refractivity contribution is 6.60. The number of hydrogen-bond acceptors (Lipinski definition) is 4. The van der Waals surface area contributed by atoms with Crippen LogP contribution in [0.3, 0.4) is 0 Å². The zero-order chi connectivity index (χ0) is 14.1. The maximum Gasteiger partial charge on any atom is 0.500 e. The molecule has 0 aliphatic carbocycles. The Morgan fingerprint density at radius 2 is 1.84 bits per heavy atom. The Balaban J connectivity index is 2.39. The standard InChI is InChI=1S/C14H22O4Si/c1-5-13-8-6-9-14(12-13)18-10-7-11-19(15-2,16-3)17-4/h5-6,8-9,12H,1,7,10-11H2,2-4H3. The fraction of sp³-hybridized carbons (Fsp3) is 0.429. The number of rotatable bonds is 9. The van der Waals surface area contributed by atoms with Gasteiger partial charge >= 0.3 is 8.80 Å². The van der Waals surface area contributed by atoms with Crippen molar-refractivity contribution in [3.63, 3.8) is 0 Å². The Hall–Kier alpha value is -1.14. The van der Waals surface area contributed by atoms with Crippen LogP contribution in [-0.2, 0) is 13.3 Å². The molecule has 0 aliphatic rings. The number of hydrogen-bond donors (Lipinski definition) is 0. The molecule has 19 heavy (non-hydrogen) atoms. The van der Waals surface area contributed by atoms with E-state index in [1.165, 1.54) is 0 Å². The van der Waals surface area contributed by atoms with Gasteiger partial charge in [-0.3, -0.25) is 0 Å². The van der Waals surface area contributed by atoms with Crippen molar-refractivity contribution in [2.24, 2.45) is 0 Å². The van der Waals surface area contributed by atoms with Gasteiger partial charge < -0.3 is 18.0 Å². The van der Waals surface area contributed by atoms with E-state index in [0.29, 0.717) is 6.61 Å². The van der Waals surface area contributed by atoms with Crippen molar-refractivity contribution in [3.8, 4) is 5.75 Å². The molecule has 1 rings (SSSR count). The molecule has 0 saturated heterocycles. The zero-order valence-electron chi connectivity index (χ0n) is 11.8. The molecule has 0 aromatic heterocycles. The fourth-order valence-electron chi connectivity index (χ4n) is 1.77. The average molecular weight is 282 g/mol. The van der Waals surface area contributed by atoms with Crippen LogP contribution in [0.2, 0.25) is 6.04 Å². The third kappa shape index (κ3) is 4.79. The van der Waals surface area contributed by atoms with Gasteiger partial charge in [0.05, 0.1) is 6.61 Å². The summed E-state index contributed by atoms with van der Waals surface area (Å²) in [5.74, 6) is 0.844. The highest BCUT2D eigenvalue weighted by Crippen LogP contribution is 2.17. The van der Waals surface area contributed by atoms with Gasteiger partial charge in [0.25, 0.3) is 0 Å². The van der Waals surface area contributed by atoms with Gasteiger partial charge in [-0.25, -0.2) is 0 Å². The molecule has 1 aromatic rings. The molecule has 0 aliphatic heterocycles. The largest absolute Gasteiger partial charge is 0.500 e. The van der Waals surface area contributed by atoms with Crippen molar-refractivity contribution in [2.45, 2.75) is 12.5 Å². The summed E-state index contributed by atoms with van der Waals surface area (Å²) >= 11 is 0. The van der Waals surface area contributed by atoms with E-state index < -0.39 is 8.80 Å². The summed E-state index contributed by atoms with van der Waals surface area (Å²) in [4.78, 5) is 0. The summed E-state index contributed by atoms with van der Waals surface area (Å²) < 4.78 is 21.7. The molecule has 4 nitrogen and oxygen atoms in total. The van der Waals surface area contributed by atoms with E-state index in [4.69, 9.17) is 18.0 Å². The van der Waals surface area contributed by atoms with Gasteiger partial charge in [-0.2, -0.15) is 0 Å². The van der Waals surface area contributed by atoms with Crippen LogP contribution in [-0.4, -0.2) is 36.7 Å². The van der Waals surface area contributed by atoms with Gasteiger partial charge in [-0.15, -0.1) is 0 Å². The van der Waals surface area contributed by atoms with Crippen LogP contribution in [0, 0.1) is 0 Å². The van der Waals surface area contributed by atoms with Crippen molar-refractivity contribution in [1.82, 2.24) is 0 Å². The van der Waals surface area contributed by atoms with Gasteiger partial charge in [0.15, 0.2) is 0 Å². The molecule has 0 heterocycles. The van der Waals surface area contributed by atoms with Crippen molar-refractivity contribution in [2.75, 3.05) is 27.9 Å². The molecule has 0 unspecified atom stereocenters. The van der Waals surface area contributed by atoms with E-state index in [0.717, 1.165) is 23.8 Å². The topological polar surface area (TPSA) is 36.9 Å². The number of benzene rings is 1. The van der Waals surface area contributed by atoms with Crippen LogP contribution >= 0.6 is 0 Å². The Kier molecular flexibility index (Phi) is 6.79. The summed E-state index contributed by atoms with van der Waals surface area (Å²) in [7, 11) is 2.39. The second kappa shape index (κ2) is 8.11. The van der Waals surface area contributed by atoms with Crippen molar-refractivity contribution in [3.05, 3.63) is 36.4 Å². The SMILES string of the molecule is C=Cc1cccc(OCCC[Si](OC)(OC)OC)c1. The monoisotopic (exact) mass is 282 g/mol. The van der Waals surface area contributed by atoms with E-state index >= 15 is 0 Å². The first-order valence-electron chi connectivity index (χ1n) is 6.20. The van der Waals surface area contributed by atoms with Crippen LogP contribution in [0.15, 0.2) is 30.8 Å². The highest BCUT2D eigenvalue weighted by Gasteiger charge is 2.36. The summed E-state index contributed by atoms with van der Waals surface area (Å²) in [5, 5.41) is 0. The van der Waals surface area contributed by atoms with Crippen LogP contribution < -0.4 is 4.74 Å². The van der Waals surface area contributed by atoms with E-state index in [1.54, 1.807) is 27.4 Å². The lowest BCUT2D eigenvalue weighted by Crippen LogP contribution is -2.42. The van der Waals surface area contributed by atoms with Crippen molar-refractivity contribution in [1.29, 1.82) is 0 Å². The van der Waals surface area contributed by atoms with Crippen molar-refractivity contribution < 1.29 is 18.0 Å². The molecule has 0 saturated carbocycles. The van der Waals surface area contributed by atoms with Crippen LogP contribution in [0.1, 0.15) is 12.0 Å². The van der Waals surface area contributed by atoms with Gasteiger partial charge in [-0.1, -0.05) is 24.8 Å². The fourth-order valence-corrected chi connectivity index (χ4v) is 3.46. The number of ether oxygens (including phenoxy) is 1. The van der Waals surface area contributed by atoms with E-state index in [1.807, 2.05) is 24.3 Å². The molecule has 0 atom stereocenters. The van der Waals surface area contributed by atoms with Gasteiger partial charge in [0.1, 0.15) is 5.75 Å². The quantitative estimate of drug-likeness (QED) is 0.515. The third-order valence-electron chi connectivity index (χ3n) is 2.92. The molecule has 0 N–H and O–H groups in total. The van der Waals surface area contributed by atoms with Crippen LogP contribution in [0.5, 0.6) is 5.75 Å². The molecule has 5 heteroatoms. The molecular weight excluding hydrogens is 260 g/mol. The van der Waals surface area contributed by atoms with E-state index in [-0.39, 0.29) is 0 Å². The summed E-state index contributed by atoms with van der Waals surface area (Å²) in [5.41, 5.74) is 1.05. The lowest BCUT2D eigenvalue weighted by Gasteiger charge is -2.24. The normalized spacial score (nSPS) is 11.3. The second-order valence-corrected chi connectivity index (χ2v) is 7.11. The minimum atomic E-state index is -2.47.